The first-order chi connectivity index (χ1) is 5.47. The van der Waals surface area contributed by atoms with Gasteiger partial charge in [0.2, 0.25) is 0 Å². The van der Waals surface area contributed by atoms with Crippen molar-refractivity contribution in [2.45, 2.75) is 18.8 Å². The molecule has 1 aliphatic carbocycles. The molecule has 0 amide bonds. The van der Waals surface area contributed by atoms with Gasteiger partial charge in [-0.05, 0) is 30.4 Å². The smallest absolute Gasteiger partial charge is 0.0302 e. The average Bonchev–Trinajstić information content (AvgIpc) is 2.58. The van der Waals surface area contributed by atoms with Gasteiger partial charge in [0.25, 0.3) is 0 Å². The molecule has 11 heavy (non-hydrogen) atoms. The highest BCUT2D eigenvalue weighted by Crippen LogP contribution is 2.27. The normalized spacial score (nSPS) is 17.5. The zero-order chi connectivity index (χ0) is 7.52. The Labute approximate surface area is 66.8 Å². The predicted molar refractivity (Wildman–Crippen MR) is 45.4 cm³/mol. The number of pyridine rings is 1. The summed E-state index contributed by atoms with van der Waals surface area (Å²) < 4.78 is 0. The van der Waals surface area contributed by atoms with Gasteiger partial charge in [-0.25, -0.2) is 0 Å². The van der Waals surface area contributed by atoms with Gasteiger partial charge in [-0.3, -0.25) is 4.98 Å². The van der Waals surface area contributed by atoms with Crippen LogP contribution < -0.4 is 0 Å². The highest BCUT2D eigenvalue weighted by molar-refractivity contribution is 5.19. The van der Waals surface area contributed by atoms with Crippen molar-refractivity contribution in [2.75, 3.05) is 0 Å². The minimum absolute atomic E-state index is 0.698. The van der Waals surface area contributed by atoms with Crippen molar-refractivity contribution in [3.05, 3.63) is 42.2 Å². The van der Waals surface area contributed by atoms with Crippen molar-refractivity contribution in [1.82, 2.24) is 4.98 Å². The topological polar surface area (TPSA) is 12.9 Å². The van der Waals surface area contributed by atoms with Gasteiger partial charge in [-0.1, -0.05) is 18.2 Å². The lowest BCUT2D eigenvalue weighted by atomic mass is 9.99. The number of allylic oxidation sites excluding steroid dienone is 2. The zero-order valence-corrected chi connectivity index (χ0v) is 6.40. The van der Waals surface area contributed by atoms with Gasteiger partial charge < -0.3 is 0 Å². The molecule has 0 saturated heterocycles. The van der Waals surface area contributed by atoms with E-state index < -0.39 is 0 Å². The molecule has 56 valence electrons. The van der Waals surface area contributed by atoms with E-state index in [0.29, 0.717) is 5.92 Å². The van der Waals surface area contributed by atoms with E-state index in [1.165, 1.54) is 18.4 Å². The Morgan fingerprint density at radius 1 is 1.27 bits per heavy atom. The monoisotopic (exact) mass is 145 g/mol. The lowest BCUT2D eigenvalue weighted by Crippen LogP contribution is -1.92. The molecule has 1 nitrogen and oxygen atoms in total. The van der Waals surface area contributed by atoms with Gasteiger partial charge in [0.1, 0.15) is 0 Å². The molecule has 0 spiro atoms. The quantitative estimate of drug-likeness (QED) is 0.553. The van der Waals surface area contributed by atoms with E-state index in [9.17, 15) is 0 Å². The van der Waals surface area contributed by atoms with E-state index in [2.05, 4.69) is 23.2 Å². The fourth-order valence-electron chi connectivity index (χ4n) is 1.51. The van der Waals surface area contributed by atoms with Crippen LogP contribution in [0, 0.1) is 0 Å². The summed E-state index contributed by atoms with van der Waals surface area (Å²) in [6, 6.07) is 4.16. The summed E-state index contributed by atoms with van der Waals surface area (Å²) >= 11 is 0. The van der Waals surface area contributed by atoms with Gasteiger partial charge in [0.05, 0.1) is 0 Å². The molecule has 0 aromatic carbocycles. The van der Waals surface area contributed by atoms with E-state index in [1.807, 2.05) is 18.5 Å². The third-order valence-electron chi connectivity index (χ3n) is 2.16. The maximum atomic E-state index is 4.10. The van der Waals surface area contributed by atoms with Crippen LogP contribution in [0.4, 0.5) is 0 Å². The second-order valence-electron chi connectivity index (χ2n) is 2.93. The van der Waals surface area contributed by atoms with Crippen LogP contribution in [0.5, 0.6) is 0 Å². The number of hydrogen-bond acceptors (Lipinski definition) is 1. The molecule has 1 heterocycles. The summed E-state index contributed by atoms with van der Waals surface area (Å²) in [6.45, 7) is 0. The van der Waals surface area contributed by atoms with Gasteiger partial charge in [0, 0.05) is 12.4 Å². The molecule has 0 radical (unpaired) electrons. The maximum absolute atomic E-state index is 4.10. The largest absolute Gasteiger partial charge is 0.264 e. The Hall–Kier alpha value is -1.11. The molecule has 0 fully saturated rings. The molecule has 0 saturated carbocycles. The second kappa shape index (κ2) is 2.87. The molecular weight excluding hydrogens is 134 g/mol. The van der Waals surface area contributed by atoms with Gasteiger partial charge in [0.15, 0.2) is 0 Å². The Morgan fingerprint density at radius 2 is 2.09 bits per heavy atom. The number of rotatable bonds is 1. The molecule has 0 N–H and O–H groups in total. The summed E-state index contributed by atoms with van der Waals surface area (Å²) in [5, 5.41) is 0. The highest BCUT2D eigenvalue weighted by atomic mass is 14.6. The third kappa shape index (κ3) is 1.32. The lowest BCUT2D eigenvalue weighted by Gasteiger charge is -2.06. The van der Waals surface area contributed by atoms with Crippen LogP contribution in [0.2, 0.25) is 0 Å². The van der Waals surface area contributed by atoms with Crippen LogP contribution in [0.3, 0.4) is 0 Å². The van der Waals surface area contributed by atoms with E-state index >= 15 is 0 Å². The first-order valence-corrected chi connectivity index (χ1v) is 4.02. The Kier molecular flexibility index (Phi) is 1.72. The van der Waals surface area contributed by atoms with Gasteiger partial charge >= 0.3 is 0 Å². The molecule has 0 aliphatic heterocycles. The number of hydrogen-bond donors (Lipinski definition) is 0. The van der Waals surface area contributed by atoms with Crippen molar-refractivity contribution in [1.29, 1.82) is 0 Å². The van der Waals surface area contributed by atoms with Gasteiger partial charge in [-0.15, -0.1) is 0 Å². The summed E-state index contributed by atoms with van der Waals surface area (Å²) in [6.07, 6.45) is 10.7. The first kappa shape index (κ1) is 6.59. The zero-order valence-electron chi connectivity index (χ0n) is 6.40. The molecule has 1 aromatic heterocycles. The van der Waals surface area contributed by atoms with E-state index in [0.717, 1.165) is 0 Å². The van der Waals surface area contributed by atoms with Crippen molar-refractivity contribution < 1.29 is 0 Å². The fraction of sp³-hybridized carbons (Fsp3) is 0.300. The van der Waals surface area contributed by atoms with Crippen molar-refractivity contribution in [2.24, 2.45) is 0 Å². The predicted octanol–water partition coefficient (Wildman–Crippen LogP) is 2.52. The maximum Gasteiger partial charge on any atom is 0.0302 e. The van der Waals surface area contributed by atoms with Crippen LogP contribution in [-0.4, -0.2) is 4.98 Å². The van der Waals surface area contributed by atoms with Crippen LogP contribution >= 0.6 is 0 Å². The summed E-state index contributed by atoms with van der Waals surface area (Å²) in [4.78, 5) is 4.10. The van der Waals surface area contributed by atoms with E-state index in [1.54, 1.807) is 0 Å². The summed E-state index contributed by atoms with van der Waals surface area (Å²) in [7, 11) is 0. The second-order valence-corrected chi connectivity index (χ2v) is 2.93. The van der Waals surface area contributed by atoms with Gasteiger partial charge in [-0.2, -0.15) is 0 Å². The first-order valence-electron chi connectivity index (χ1n) is 4.02. The molecule has 0 bridgehead atoms. The molecular formula is C10H11N. The van der Waals surface area contributed by atoms with Crippen LogP contribution in [0.1, 0.15) is 24.3 Å². The summed E-state index contributed by atoms with van der Waals surface area (Å²) in [5.41, 5.74) is 1.37. The van der Waals surface area contributed by atoms with Crippen LogP contribution in [-0.2, 0) is 0 Å². The van der Waals surface area contributed by atoms with E-state index in [-0.39, 0.29) is 0 Å². The van der Waals surface area contributed by atoms with E-state index in [4.69, 9.17) is 0 Å². The summed E-state index contributed by atoms with van der Waals surface area (Å²) in [5.74, 6) is 0.698. The SMILES string of the molecule is C1=CCC(c2cccnc2)C1. The van der Waals surface area contributed by atoms with Crippen molar-refractivity contribution in [3.8, 4) is 0 Å². The molecule has 0 unspecified atom stereocenters. The highest BCUT2D eigenvalue weighted by Gasteiger charge is 2.11. The Morgan fingerprint density at radius 3 is 2.73 bits per heavy atom. The Balaban J connectivity index is 2.17. The number of aromatic nitrogens is 1. The lowest BCUT2D eigenvalue weighted by molar-refractivity contribution is 0.749. The fourth-order valence-corrected chi connectivity index (χ4v) is 1.51. The molecule has 2 rings (SSSR count). The Bertz CT molecular complexity index is 243. The standard InChI is InChI=1S/C10H11N/c1-2-5-9(4-1)10-6-3-7-11-8-10/h1-3,6-9H,4-5H2. The van der Waals surface area contributed by atoms with Crippen LogP contribution in [0.15, 0.2) is 36.7 Å². The molecule has 1 aromatic rings. The average molecular weight is 145 g/mol. The van der Waals surface area contributed by atoms with Crippen LogP contribution in [0.25, 0.3) is 0 Å². The minimum atomic E-state index is 0.698. The molecule has 1 heteroatoms. The third-order valence-corrected chi connectivity index (χ3v) is 2.16. The number of nitrogens with zero attached hydrogens (tertiary/aromatic N) is 1. The van der Waals surface area contributed by atoms with Crippen molar-refractivity contribution in [3.63, 3.8) is 0 Å². The molecule has 0 atom stereocenters. The minimum Gasteiger partial charge on any atom is -0.264 e. The molecule has 1 aliphatic rings. The van der Waals surface area contributed by atoms with Crippen molar-refractivity contribution >= 4 is 0 Å².